The van der Waals surface area contributed by atoms with Crippen LogP contribution in [0.4, 0.5) is 0 Å². The van der Waals surface area contributed by atoms with Crippen LogP contribution in [0.15, 0.2) is 59.8 Å². The molecule has 5 aromatic rings. The number of rotatable bonds is 6. The maximum absolute atomic E-state index is 13.9. The molecule has 1 aromatic carbocycles. The van der Waals surface area contributed by atoms with Gasteiger partial charge in [-0.25, -0.2) is 9.97 Å². The monoisotopic (exact) mass is 554 g/mol. The first kappa shape index (κ1) is 25.9. The third-order valence-corrected chi connectivity index (χ3v) is 8.41. The second-order valence-corrected chi connectivity index (χ2v) is 11.4. The lowest BCUT2D eigenvalue weighted by Gasteiger charge is -2.25. The average Bonchev–Trinajstić information content (AvgIpc) is 3.65. The minimum absolute atomic E-state index is 0.232. The first-order valence-corrected chi connectivity index (χ1v) is 14.5. The summed E-state index contributed by atoms with van der Waals surface area (Å²) in [6, 6.07) is 16.0. The Morgan fingerprint density at radius 1 is 1.02 bits per heavy atom. The van der Waals surface area contributed by atoms with E-state index in [1.807, 2.05) is 42.1 Å². The molecule has 1 aliphatic carbocycles. The predicted molar refractivity (Wildman–Crippen MR) is 160 cm³/mol. The van der Waals surface area contributed by atoms with Gasteiger partial charge in [-0.15, -0.1) is 0 Å². The van der Waals surface area contributed by atoms with Gasteiger partial charge in [0.05, 0.1) is 17.2 Å². The van der Waals surface area contributed by atoms with Crippen LogP contribution in [0.2, 0.25) is 0 Å². The van der Waals surface area contributed by atoms with Crippen molar-refractivity contribution >= 4 is 10.9 Å². The van der Waals surface area contributed by atoms with Crippen LogP contribution in [-0.4, -0.2) is 42.1 Å². The van der Waals surface area contributed by atoms with E-state index in [1.165, 1.54) is 23.8 Å². The van der Waals surface area contributed by atoms with Gasteiger partial charge >= 0.3 is 0 Å². The highest BCUT2D eigenvalue weighted by Gasteiger charge is 2.27. The zero-order valence-corrected chi connectivity index (χ0v) is 23.5. The molecule has 1 aliphatic heterocycles. The van der Waals surface area contributed by atoms with Crippen LogP contribution in [0.1, 0.15) is 60.5 Å². The van der Waals surface area contributed by atoms with Crippen molar-refractivity contribution in [3.05, 3.63) is 87.9 Å². The fourth-order valence-electron chi connectivity index (χ4n) is 6.05. The van der Waals surface area contributed by atoms with Crippen molar-refractivity contribution in [1.29, 1.82) is 10.5 Å². The van der Waals surface area contributed by atoms with E-state index in [9.17, 15) is 15.3 Å². The summed E-state index contributed by atoms with van der Waals surface area (Å²) in [5.41, 5.74) is 5.62. The fourth-order valence-corrected chi connectivity index (χ4v) is 6.05. The van der Waals surface area contributed by atoms with Crippen LogP contribution in [-0.2, 0) is 13.6 Å². The average molecular weight is 555 g/mol. The molecular weight excluding hydrogens is 524 g/mol. The molecule has 1 saturated heterocycles. The smallest absolute Gasteiger partial charge is 0.280 e. The minimum Gasteiger partial charge on any atom is -0.353 e. The van der Waals surface area contributed by atoms with Gasteiger partial charge in [-0.2, -0.15) is 10.5 Å². The van der Waals surface area contributed by atoms with E-state index in [2.05, 4.69) is 33.1 Å². The Hall–Kier alpha value is -4.99. The maximum Gasteiger partial charge on any atom is 0.280 e. The first-order chi connectivity index (χ1) is 20.5. The number of aromatic nitrogens is 5. The van der Waals surface area contributed by atoms with E-state index in [4.69, 9.17) is 4.98 Å². The van der Waals surface area contributed by atoms with Crippen LogP contribution in [0, 0.1) is 22.7 Å². The van der Waals surface area contributed by atoms with Gasteiger partial charge in [0.1, 0.15) is 23.2 Å². The third-order valence-electron chi connectivity index (χ3n) is 8.41. The molecule has 1 N–H and O–H groups in total. The molecule has 9 heteroatoms. The molecule has 0 unspecified atom stereocenters. The molecule has 0 bridgehead atoms. The van der Waals surface area contributed by atoms with Crippen molar-refractivity contribution in [2.45, 2.75) is 44.6 Å². The molecule has 5 heterocycles. The number of fused-ring (bicyclic) bond motifs is 1. The summed E-state index contributed by atoms with van der Waals surface area (Å²) in [6.07, 6.45) is 10.9. The lowest BCUT2D eigenvalue weighted by molar-refractivity contribution is 0.219. The summed E-state index contributed by atoms with van der Waals surface area (Å²) in [7, 11) is 1.92. The molecule has 0 radical (unpaired) electrons. The lowest BCUT2D eigenvalue weighted by Crippen LogP contribution is -2.29. The minimum atomic E-state index is -0.232. The van der Waals surface area contributed by atoms with Crippen LogP contribution >= 0.6 is 0 Å². The van der Waals surface area contributed by atoms with Gasteiger partial charge in [0, 0.05) is 60.4 Å². The highest BCUT2D eigenvalue weighted by Crippen LogP contribution is 2.42. The topological polar surface area (TPSA) is 119 Å². The molecule has 42 heavy (non-hydrogen) atoms. The molecule has 7 rings (SSSR count). The van der Waals surface area contributed by atoms with Gasteiger partial charge in [-0.3, -0.25) is 14.3 Å². The fraction of sp³-hybridized carbons (Fsp3) is 0.303. The molecule has 208 valence electrons. The van der Waals surface area contributed by atoms with Gasteiger partial charge in [0.25, 0.3) is 5.56 Å². The number of hydrogen-bond donors (Lipinski definition) is 1. The Kier molecular flexibility index (Phi) is 6.45. The molecular formula is C33H30N8O. The van der Waals surface area contributed by atoms with Gasteiger partial charge in [0.2, 0.25) is 0 Å². The van der Waals surface area contributed by atoms with Gasteiger partial charge in [0.15, 0.2) is 0 Å². The molecule has 0 amide bonds. The summed E-state index contributed by atoms with van der Waals surface area (Å²) in [6.45, 7) is 2.81. The lowest BCUT2D eigenvalue weighted by atomic mass is 9.96. The van der Waals surface area contributed by atoms with E-state index in [0.717, 1.165) is 66.4 Å². The number of hydrogen-bond acceptors (Lipinski definition) is 6. The second-order valence-electron chi connectivity index (χ2n) is 11.4. The Labute approximate surface area is 243 Å². The summed E-state index contributed by atoms with van der Waals surface area (Å²) >= 11 is 0. The summed E-state index contributed by atoms with van der Waals surface area (Å²) < 4.78 is 3.43. The van der Waals surface area contributed by atoms with Crippen molar-refractivity contribution in [1.82, 2.24) is 29.0 Å². The van der Waals surface area contributed by atoms with E-state index in [0.29, 0.717) is 33.8 Å². The summed E-state index contributed by atoms with van der Waals surface area (Å²) in [4.78, 5) is 29.2. The van der Waals surface area contributed by atoms with Crippen molar-refractivity contribution in [3.8, 4) is 40.5 Å². The number of nitriles is 2. The van der Waals surface area contributed by atoms with Gasteiger partial charge in [-0.1, -0.05) is 12.5 Å². The van der Waals surface area contributed by atoms with Gasteiger partial charge in [-0.05, 0) is 80.2 Å². The van der Waals surface area contributed by atoms with Crippen LogP contribution in [0.3, 0.4) is 0 Å². The standard InChI is InChI=1S/C33H30N8O/c1-39-12-9-36-32(39)28-13-21(17-34)5-8-26(28)23-14-29(22-6-7-22)38-30(15-23)41-19-24(18-35)27-16-25(37-31(27)33(41)42)20-40-10-3-2-4-11-40/h5,8-9,12-16,19,22,37H,2-4,6-7,10-11,20H2,1H3. The van der Waals surface area contributed by atoms with Crippen LogP contribution in [0.25, 0.3) is 39.2 Å². The maximum atomic E-state index is 13.9. The van der Waals surface area contributed by atoms with E-state index in [-0.39, 0.29) is 5.56 Å². The Bertz CT molecular complexity index is 1970. The molecule has 4 aromatic heterocycles. The van der Waals surface area contributed by atoms with Crippen LogP contribution < -0.4 is 5.56 Å². The number of aryl methyl sites for hydroxylation is 1. The number of aromatic amines is 1. The Balaban J connectivity index is 1.38. The predicted octanol–water partition coefficient (Wildman–Crippen LogP) is 5.39. The number of piperidine rings is 1. The first-order valence-electron chi connectivity index (χ1n) is 14.5. The number of benzene rings is 1. The number of pyridine rings is 2. The summed E-state index contributed by atoms with van der Waals surface area (Å²) in [5, 5.41) is 20.3. The van der Waals surface area contributed by atoms with E-state index >= 15 is 0 Å². The number of nitrogens with zero attached hydrogens (tertiary/aromatic N) is 7. The number of imidazole rings is 1. The molecule has 0 spiro atoms. The second kappa shape index (κ2) is 10.4. The quantitative estimate of drug-likeness (QED) is 0.301. The van der Waals surface area contributed by atoms with E-state index in [1.54, 1.807) is 18.5 Å². The normalized spacial score (nSPS) is 15.5. The largest absolute Gasteiger partial charge is 0.353 e. The highest BCUT2D eigenvalue weighted by molar-refractivity contribution is 5.86. The van der Waals surface area contributed by atoms with Crippen LogP contribution in [0.5, 0.6) is 0 Å². The Morgan fingerprint density at radius 3 is 2.57 bits per heavy atom. The zero-order valence-electron chi connectivity index (χ0n) is 23.5. The van der Waals surface area contributed by atoms with Crippen molar-refractivity contribution in [2.75, 3.05) is 13.1 Å². The summed E-state index contributed by atoms with van der Waals surface area (Å²) in [5.74, 6) is 1.54. The molecule has 2 aliphatic rings. The molecule has 0 atom stereocenters. The SMILES string of the molecule is Cn1ccnc1-c1cc(C#N)ccc1-c1cc(C2CC2)nc(-n2cc(C#N)c3cc(CN4CCCCC4)[nH]c3c2=O)c1. The molecule has 9 nitrogen and oxygen atoms in total. The van der Waals surface area contributed by atoms with Crippen molar-refractivity contribution < 1.29 is 0 Å². The van der Waals surface area contributed by atoms with Gasteiger partial charge < -0.3 is 9.55 Å². The zero-order chi connectivity index (χ0) is 28.8. The third kappa shape index (κ3) is 4.68. The van der Waals surface area contributed by atoms with Crippen molar-refractivity contribution in [2.24, 2.45) is 7.05 Å². The molecule has 2 fully saturated rings. The van der Waals surface area contributed by atoms with E-state index < -0.39 is 0 Å². The molecule has 1 saturated carbocycles. The number of nitrogens with one attached hydrogen (secondary N) is 1. The Morgan fingerprint density at radius 2 is 1.86 bits per heavy atom. The highest BCUT2D eigenvalue weighted by atomic mass is 16.1. The van der Waals surface area contributed by atoms with Crippen molar-refractivity contribution in [3.63, 3.8) is 0 Å². The number of likely N-dealkylation sites (tertiary alicyclic amines) is 1. The number of H-pyrrole nitrogens is 1.